The summed E-state index contributed by atoms with van der Waals surface area (Å²) in [6.45, 7) is 0. The molecule has 0 aliphatic carbocycles. The van der Waals surface area contributed by atoms with Crippen molar-refractivity contribution in [2.75, 3.05) is 17.7 Å². The summed E-state index contributed by atoms with van der Waals surface area (Å²) in [4.78, 5) is 38.6. The largest absolute Gasteiger partial charge is 0.355 e. The van der Waals surface area contributed by atoms with Crippen LogP contribution in [-0.2, 0) is 10.7 Å². The van der Waals surface area contributed by atoms with Gasteiger partial charge in [-0.25, -0.2) is 4.98 Å². The van der Waals surface area contributed by atoms with Crippen LogP contribution in [-0.4, -0.2) is 32.7 Å². The Bertz CT molecular complexity index is 1100. The van der Waals surface area contributed by atoms with E-state index in [4.69, 9.17) is 21.4 Å². The Labute approximate surface area is 177 Å². The number of anilines is 4. The molecule has 2 aromatic carbocycles. The van der Waals surface area contributed by atoms with Gasteiger partial charge in [0.2, 0.25) is 5.95 Å². The molecule has 9 nitrogen and oxygen atoms in total. The summed E-state index contributed by atoms with van der Waals surface area (Å²) in [6, 6.07) is 13.5. The molecule has 0 atom stereocenters. The van der Waals surface area contributed by atoms with Crippen molar-refractivity contribution in [2.24, 2.45) is 0 Å². The third-order valence-electron chi connectivity index (χ3n) is 3.99. The van der Waals surface area contributed by atoms with Crippen molar-refractivity contribution in [1.29, 1.82) is 0 Å². The van der Waals surface area contributed by atoms with Gasteiger partial charge in [-0.2, -0.15) is 4.98 Å². The predicted octanol–water partition coefficient (Wildman–Crippen LogP) is 3.65. The first-order chi connectivity index (χ1) is 14.2. The van der Waals surface area contributed by atoms with Gasteiger partial charge in [0.15, 0.2) is 5.82 Å². The third kappa shape index (κ3) is 5.77. The van der Waals surface area contributed by atoms with Gasteiger partial charge in [-0.1, -0.05) is 35.9 Å². The third-order valence-corrected chi connectivity index (χ3v) is 5.05. The summed E-state index contributed by atoms with van der Waals surface area (Å²) in [5, 5.41) is 8.89. The van der Waals surface area contributed by atoms with E-state index in [1.165, 1.54) is 6.20 Å². The molecule has 1 amide bonds. The van der Waals surface area contributed by atoms with E-state index in [0.717, 1.165) is 0 Å². The number of aromatic nitrogens is 2. The van der Waals surface area contributed by atoms with Crippen molar-refractivity contribution in [1.82, 2.24) is 15.3 Å². The number of amides is 1. The monoisotopic (exact) mass is 447 g/mol. The number of hydrogen-bond donors (Lipinski definition) is 5. The maximum Gasteiger partial charge on any atom is 0.329 e. The highest BCUT2D eigenvalue weighted by molar-refractivity contribution is 7.50. The second kappa shape index (κ2) is 9.23. The van der Waals surface area contributed by atoms with E-state index in [-0.39, 0.29) is 23.0 Å². The van der Waals surface area contributed by atoms with Gasteiger partial charge in [-0.3, -0.25) is 9.36 Å². The van der Waals surface area contributed by atoms with Crippen LogP contribution in [0, 0.1) is 0 Å². The molecule has 1 heterocycles. The highest BCUT2D eigenvalue weighted by Crippen LogP contribution is 2.39. The Hall–Kier alpha value is -2.97. The van der Waals surface area contributed by atoms with Crippen molar-refractivity contribution in [2.45, 2.75) is 6.16 Å². The fourth-order valence-electron chi connectivity index (χ4n) is 2.63. The molecule has 0 aliphatic rings. The molecule has 0 saturated heterocycles. The predicted molar refractivity (Wildman–Crippen MR) is 116 cm³/mol. The fourth-order valence-corrected chi connectivity index (χ4v) is 3.45. The molecule has 0 unspecified atom stereocenters. The van der Waals surface area contributed by atoms with Gasteiger partial charge in [0, 0.05) is 12.7 Å². The van der Waals surface area contributed by atoms with Gasteiger partial charge in [-0.15, -0.1) is 0 Å². The first-order valence-corrected chi connectivity index (χ1v) is 10.9. The average molecular weight is 448 g/mol. The number of benzene rings is 2. The number of nitrogens with one attached hydrogen (secondary N) is 3. The lowest BCUT2D eigenvalue weighted by Gasteiger charge is -2.13. The second-order valence-electron chi connectivity index (χ2n) is 6.28. The van der Waals surface area contributed by atoms with E-state index in [9.17, 15) is 9.36 Å². The fraction of sp³-hybridized carbons (Fsp3) is 0.105. The van der Waals surface area contributed by atoms with E-state index >= 15 is 0 Å². The van der Waals surface area contributed by atoms with E-state index in [0.29, 0.717) is 28.3 Å². The zero-order valence-corrected chi connectivity index (χ0v) is 17.5. The number of rotatable bonds is 7. The van der Waals surface area contributed by atoms with Crippen LogP contribution in [0.2, 0.25) is 5.02 Å². The number of hydrogen-bond acceptors (Lipinski definition) is 6. The van der Waals surface area contributed by atoms with Crippen LogP contribution < -0.4 is 16.0 Å². The van der Waals surface area contributed by atoms with Gasteiger partial charge in [0.25, 0.3) is 5.91 Å². The molecule has 0 saturated carbocycles. The van der Waals surface area contributed by atoms with Crippen LogP contribution in [0.1, 0.15) is 15.9 Å². The highest BCUT2D eigenvalue weighted by Gasteiger charge is 2.14. The summed E-state index contributed by atoms with van der Waals surface area (Å²) < 4.78 is 11.1. The quantitative estimate of drug-likeness (QED) is 0.346. The van der Waals surface area contributed by atoms with Crippen molar-refractivity contribution in [3.05, 3.63) is 70.9 Å². The minimum Gasteiger partial charge on any atom is -0.355 e. The zero-order chi connectivity index (χ0) is 21.7. The van der Waals surface area contributed by atoms with Crippen LogP contribution in [0.4, 0.5) is 23.1 Å². The first kappa shape index (κ1) is 21.7. The number of nitrogens with zero attached hydrogens (tertiary/aromatic N) is 2. The Morgan fingerprint density at radius 2 is 1.80 bits per heavy atom. The Balaban J connectivity index is 1.79. The second-order valence-corrected chi connectivity index (χ2v) is 8.34. The molecule has 5 N–H and O–H groups in total. The lowest BCUT2D eigenvalue weighted by Crippen LogP contribution is -2.19. The summed E-state index contributed by atoms with van der Waals surface area (Å²) in [7, 11) is -2.58. The standard InChI is InChI=1S/C19H19ClN5O4P/c1-21-18(26)14-4-2-3-5-16(14)24-17-15(20)10-22-19(25-17)23-13-8-6-12(7-9-13)11-30(27,28)29/h2-10H,11H2,1H3,(H,21,26)(H2,27,28,29)(H2,22,23,24,25). The molecule has 3 rings (SSSR count). The van der Waals surface area contributed by atoms with E-state index < -0.39 is 7.60 Å². The molecule has 0 fully saturated rings. The topological polar surface area (TPSA) is 136 Å². The van der Waals surface area contributed by atoms with Gasteiger partial charge in [-0.05, 0) is 29.8 Å². The van der Waals surface area contributed by atoms with Crippen molar-refractivity contribution < 1.29 is 19.1 Å². The highest BCUT2D eigenvalue weighted by atomic mass is 35.5. The molecule has 0 radical (unpaired) electrons. The average Bonchev–Trinajstić information content (AvgIpc) is 2.71. The minimum atomic E-state index is -4.12. The van der Waals surface area contributed by atoms with Gasteiger partial charge >= 0.3 is 7.60 Å². The molecule has 3 aromatic rings. The SMILES string of the molecule is CNC(=O)c1ccccc1Nc1nc(Nc2ccc(CP(=O)(O)O)cc2)ncc1Cl. The first-order valence-electron chi connectivity index (χ1n) is 8.76. The molecular formula is C19H19ClN5O4P. The van der Waals surface area contributed by atoms with Gasteiger partial charge in [0.05, 0.1) is 23.6 Å². The molecular weight excluding hydrogens is 429 g/mol. The molecule has 156 valence electrons. The number of carbonyl (C=O) groups excluding carboxylic acids is 1. The Morgan fingerprint density at radius 1 is 1.10 bits per heavy atom. The van der Waals surface area contributed by atoms with E-state index in [1.54, 1.807) is 55.6 Å². The molecule has 1 aromatic heterocycles. The van der Waals surface area contributed by atoms with Crippen molar-refractivity contribution in [3.8, 4) is 0 Å². The van der Waals surface area contributed by atoms with Gasteiger partial charge in [0.1, 0.15) is 5.02 Å². The Kier molecular flexibility index (Phi) is 6.69. The lowest BCUT2D eigenvalue weighted by atomic mass is 10.1. The number of para-hydroxylation sites is 1. The van der Waals surface area contributed by atoms with Crippen LogP contribution >= 0.6 is 19.2 Å². The van der Waals surface area contributed by atoms with Crippen molar-refractivity contribution in [3.63, 3.8) is 0 Å². The number of carbonyl (C=O) groups is 1. The van der Waals surface area contributed by atoms with Gasteiger partial charge < -0.3 is 25.7 Å². The summed E-state index contributed by atoms with van der Waals surface area (Å²) >= 11 is 6.21. The molecule has 11 heteroatoms. The maximum atomic E-state index is 12.1. The molecule has 30 heavy (non-hydrogen) atoms. The smallest absolute Gasteiger partial charge is 0.329 e. The zero-order valence-electron chi connectivity index (χ0n) is 15.8. The van der Waals surface area contributed by atoms with E-state index in [2.05, 4.69) is 25.9 Å². The van der Waals surface area contributed by atoms with Crippen LogP contribution in [0.5, 0.6) is 0 Å². The van der Waals surface area contributed by atoms with Crippen LogP contribution in [0.25, 0.3) is 0 Å². The summed E-state index contributed by atoms with van der Waals surface area (Å²) in [6.07, 6.45) is 1.09. The molecule has 0 aliphatic heterocycles. The number of halogens is 1. The lowest BCUT2D eigenvalue weighted by molar-refractivity contribution is 0.0964. The minimum absolute atomic E-state index is 0.252. The summed E-state index contributed by atoms with van der Waals surface area (Å²) in [5.74, 6) is 0.308. The van der Waals surface area contributed by atoms with Crippen LogP contribution in [0.3, 0.4) is 0 Å². The summed E-state index contributed by atoms with van der Waals surface area (Å²) in [5.41, 5.74) is 2.11. The normalized spacial score (nSPS) is 11.1. The van der Waals surface area contributed by atoms with E-state index in [1.807, 2.05) is 0 Å². The van der Waals surface area contributed by atoms with Crippen molar-refractivity contribution >= 4 is 48.2 Å². The maximum absolute atomic E-state index is 12.1. The van der Waals surface area contributed by atoms with Crippen LogP contribution in [0.15, 0.2) is 54.7 Å². The molecule has 0 spiro atoms. The molecule has 0 bridgehead atoms. The Morgan fingerprint density at radius 3 is 2.47 bits per heavy atom.